The van der Waals surface area contributed by atoms with Gasteiger partial charge in [0.2, 0.25) is 5.91 Å². The third-order valence-corrected chi connectivity index (χ3v) is 3.57. The van der Waals surface area contributed by atoms with Crippen LogP contribution < -0.4 is 10.1 Å². The Labute approximate surface area is 117 Å². The first-order valence-electron chi connectivity index (χ1n) is 6.67. The lowest BCUT2D eigenvalue weighted by atomic mass is 10.1. The number of benzene rings is 1. The molecule has 2 atom stereocenters. The van der Waals surface area contributed by atoms with Crippen LogP contribution in [0.2, 0.25) is 0 Å². The third-order valence-electron chi connectivity index (χ3n) is 3.57. The number of hydrogen-bond acceptors (Lipinski definition) is 3. The Kier molecular flexibility index (Phi) is 4.27. The number of aliphatic carboxylic acids is 1. The van der Waals surface area contributed by atoms with Gasteiger partial charge in [-0.2, -0.15) is 0 Å². The molecule has 1 aromatic carbocycles. The minimum atomic E-state index is -0.884. The lowest BCUT2D eigenvalue weighted by Gasteiger charge is -2.10. The van der Waals surface area contributed by atoms with Crippen LogP contribution >= 0.6 is 0 Å². The van der Waals surface area contributed by atoms with E-state index in [0.717, 1.165) is 16.9 Å². The van der Waals surface area contributed by atoms with Crippen LogP contribution in [0.3, 0.4) is 0 Å². The van der Waals surface area contributed by atoms with Gasteiger partial charge >= 0.3 is 5.97 Å². The van der Waals surface area contributed by atoms with E-state index >= 15 is 0 Å². The van der Waals surface area contributed by atoms with Crippen LogP contribution in [-0.4, -0.2) is 30.6 Å². The molecule has 5 heteroatoms. The van der Waals surface area contributed by atoms with Crippen molar-refractivity contribution in [2.75, 3.05) is 13.7 Å². The minimum absolute atomic E-state index is 0.163. The zero-order chi connectivity index (χ0) is 14.7. The first-order chi connectivity index (χ1) is 9.52. The highest BCUT2D eigenvalue weighted by atomic mass is 16.5. The van der Waals surface area contributed by atoms with Crippen LogP contribution in [-0.2, 0) is 16.0 Å². The van der Waals surface area contributed by atoms with Gasteiger partial charge in [-0.25, -0.2) is 0 Å². The molecule has 2 rings (SSSR count). The highest BCUT2D eigenvalue weighted by Crippen LogP contribution is 2.38. The maximum Gasteiger partial charge on any atom is 0.307 e. The zero-order valence-electron chi connectivity index (χ0n) is 11.7. The molecular formula is C15H19NO4. The standard InChI is InChI=1S/C15H19NO4/c1-9-3-4-13(20-2)10(7-9)5-6-16-14(17)11-8-12(11)15(18)19/h3-4,7,11-12H,5-6,8H2,1-2H3,(H,16,17)(H,18,19). The molecule has 2 unspecified atom stereocenters. The smallest absolute Gasteiger partial charge is 0.307 e. The fraction of sp³-hybridized carbons (Fsp3) is 0.467. The summed E-state index contributed by atoms with van der Waals surface area (Å²) < 4.78 is 5.28. The maximum atomic E-state index is 11.7. The molecular weight excluding hydrogens is 258 g/mol. The third kappa shape index (κ3) is 3.29. The van der Waals surface area contributed by atoms with Gasteiger partial charge in [0.15, 0.2) is 0 Å². The van der Waals surface area contributed by atoms with Crippen LogP contribution in [0.25, 0.3) is 0 Å². The van der Waals surface area contributed by atoms with E-state index in [0.29, 0.717) is 19.4 Å². The number of hydrogen-bond donors (Lipinski definition) is 2. The SMILES string of the molecule is COc1ccc(C)cc1CCNC(=O)C1CC1C(=O)O. The molecule has 1 amide bonds. The summed E-state index contributed by atoms with van der Waals surface area (Å²) in [4.78, 5) is 22.4. The summed E-state index contributed by atoms with van der Waals surface area (Å²) >= 11 is 0. The lowest BCUT2D eigenvalue weighted by Crippen LogP contribution is -2.28. The first kappa shape index (κ1) is 14.4. The molecule has 0 heterocycles. The van der Waals surface area contributed by atoms with E-state index in [4.69, 9.17) is 9.84 Å². The predicted octanol–water partition coefficient (Wildman–Crippen LogP) is 1.38. The Bertz CT molecular complexity index is 527. The number of carbonyl (C=O) groups is 2. The van der Waals surface area contributed by atoms with E-state index in [1.54, 1.807) is 7.11 Å². The quantitative estimate of drug-likeness (QED) is 0.823. The van der Waals surface area contributed by atoms with E-state index in [-0.39, 0.29) is 11.8 Å². The number of carboxylic acids is 1. The van der Waals surface area contributed by atoms with Gasteiger partial charge in [-0.05, 0) is 31.4 Å². The number of methoxy groups -OCH3 is 1. The van der Waals surface area contributed by atoms with Crippen LogP contribution in [0.4, 0.5) is 0 Å². The van der Waals surface area contributed by atoms with Crippen molar-refractivity contribution in [2.24, 2.45) is 11.8 Å². The number of amides is 1. The largest absolute Gasteiger partial charge is 0.496 e. The maximum absolute atomic E-state index is 11.7. The van der Waals surface area contributed by atoms with Crippen molar-refractivity contribution in [3.05, 3.63) is 29.3 Å². The molecule has 0 spiro atoms. The summed E-state index contributed by atoms with van der Waals surface area (Å²) in [6.07, 6.45) is 1.12. The average Bonchev–Trinajstić information content (AvgIpc) is 3.19. The molecule has 1 aliphatic carbocycles. The zero-order valence-corrected chi connectivity index (χ0v) is 11.7. The Morgan fingerprint density at radius 2 is 2.15 bits per heavy atom. The van der Waals surface area contributed by atoms with Gasteiger partial charge in [-0.3, -0.25) is 9.59 Å². The van der Waals surface area contributed by atoms with Crippen LogP contribution in [0.15, 0.2) is 18.2 Å². The second-order valence-electron chi connectivity index (χ2n) is 5.14. The number of carboxylic acid groups (broad SMARTS) is 1. The Morgan fingerprint density at radius 3 is 2.75 bits per heavy atom. The number of aryl methyl sites for hydroxylation is 1. The molecule has 108 valence electrons. The molecule has 0 aromatic heterocycles. The van der Waals surface area contributed by atoms with Gasteiger partial charge in [-0.1, -0.05) is 17.7 Å². The highest BCUT2D eigenvalue weighted by Gasteiger charge is 2.48. The van der Waals surface area contributed by atoms with E-state index in [1.807, 2.05) is 25.1 Å². The van der Waals surface area contributed by atoms with E-state index in [1.165, 1.54) is 0 Å². The van der Waals surface area contributed by atoms with Gasteiger partial charge in [0.25, 0.3) is 0 Å². The molecule has 0 radical (unpaired) electrons. The lowest BCUT2D eigenvalue weighted by molar-refractivity contribution is -0.140. The molecule has 0 saturated heterocycles. The molecule has 5 nitrogen and oxygen atoms in total. The fourth-order valence-corrected chi connectivity index (χ4v) is 2.31. The molecule has 0 aliphatic heterocycles. The van der Waals surface area contributed by atoms with Crippen molar-refractivity contribution < 1.29 is 19.4 Å². The summed E-state index contributed by atoms with van der Waals surface area (Å²) in [5.74, 6) is -1.09. The summed E-state index contributed by atoms with van der Waals surface area (Å²) in [6, 6.07) is 5.92. The minimum Gasteiger partial charge on any atom is -0.496 e. The van der Waals surface area contributed by atoms with Crippen molar-refractivity contribution in [3.8, 4) is 5.75 Å². The fourth-order valence-electron chi connectivity index (χ4n) is 2.31. The number of nitrogens with one attached hydrogen (secondary N) is 1. The van der Waals surface area contributed by atoms with E-state index < -0.39 is 11.9 Å². The Morgan fingerprint density at radius 1 is 1.40 bits per heavy atom. The molecule has 2 N–H and O–H groups in total. The van der Waals surface area contributed by atoms with Gasteiger partial charge in [0, 0.05) is 6.54 Å². The summed E-state index contributed by atoms with van der Waals surface area (Å²) in [6.45, 7) is 2.49. The van der Waals surface area contributed by atoms with Gasteiger partial charge in [0.1, 0.15) is 5.75 Å². The second kappa shape index (κ2) is 5.94. The van der Waals surface area contributed by atoms with Crippen LogP contribution in [0, 0.1) is 18.8 Å². The normalized spacial score (nSPS) is 20.3. The van der Waals surface area contributed by atoms with Gasteiger partial charge in [0.05, 0.1) is 18.9 Å². The van der Waals surface area contributed by atoms with Crippen molar-refractivity contribution in [3.63, 3.8) is 0 Å². The van der Waals surface area contributed by atoms with E-state index in [9.17, 15) is 9.59 Å². The number of rotatable bonds is 6. The van der Waals surface area contributed by atoms with Crippen molar-refractivity contribution in [2.45, 2.75) is 19.8 Å². The van der Waals surface area contributed by atoms with Crippen molar-refractivity contribution in [1.29, 1.82) is 0 Å². The monoisotopic (exact) mass is 277 g/mol. The summed E-state index contributed by atoms with van der Waals surface area (Å²) in [5, 5.41) is 11.6. The first-order valence-corrected chi connectivity index (χ1v) is 6.67. The summed E-state index contributed by atoms with van der Waals surface area (Å²) in [5.41, 5.74) is 2.18. The predicted molar refractivity (Wildman–Crippen MR) is 73.7 cm³/mol. The number of carbonyl (C=O) groups excluding carboxylic acids is 1. The van der Waals surface area contributed by atoms with Crippen molar-refractivity contribution >= 4 is 11.9 Å². The molecule has 0 bridgehead atoms. The van der Waals surface area contributed by atoms with Crippen molar-refractivity contribution in [1.82, 2.24) is 5.32 Å². The average molecular weight is 277 g/mol. The topological polar surface area (TPSA) is 75.6 Å². The van der Waals surface area contributed by atoms with Crippen LogP contribution in [0.5, 0.6) is 5.75 Å². The number of ether oxygens (including phenoxy) is 1. The van der Waals surface area contributed by atoms with Crippen LogP contribution in [0.1, 0.15) is 17.5 Å². The Hall–Kier alpha value is -2.04. The van der Waals surface area contributed by atoms with E-state index in [2.05, 4.69) is 5.32 Å². The molecule has 1 fully saturated rings. The second-order valence-corrected chi connectivity index (χ2v) is 5.14. The van der Waals surface area contributed by atoms with Gasteiger partial charge < -0.3 is 15.2 Å². The van der Waals surface area contributed by atoms with Gasteiger partial charge in [-0.15, -0.1) is 0 Å². The molecule has 1 aliphatic rings. The molecule has 1 aromatic rings. The Balaban J connectivity index is 1.83. The summed E-state index contributed by atoms with van der Waals surface area (Å²) in [7, 11) is 1.62. The molecule has 1 saturated carbocycles. The molecule has 20 heavy (non-hydrogen) atoms. The highest BCUT2D eigenvalue weighted by molar-refractivity contribution is 5.89.